The SMILES string of the molecule is COC(=O)CNc1c(-c2ccc(C(C)C)cc2)nc2c(C(=O)NC(CC(=O)O)c3cccc(C)c3)cccn12. The number of carboxylic acids is 1. The number of nitrogens with one attached hydrogen (secondary N) is 2. The van der Waals surface area contributed by atoms with E-state index in [2.05, 4.69) is 24.5 Å². The Kier molecular flexibility index (Phi) is 8.29. The van der Waals surface area contributed by atoms with E-state index in [0.29, 0.717) is 28.6 Å². The van der Waals surface area contributed by atoms with Gasteiger partial charge in [0.05, 0.1) is 25.1 Å². The normalized spacial score (nSPS) is 11.8. The zero-order valence-corrected chi connectivity index (χ0v) is 22.4. The topological polar surface area (TPSA) is 122 Å². The lowest BCUT2D eigenvalue weighted by Crippen LogP contribution is -2.30. The summed E-state index contributed by atoms with van der Waals surface area (Å²) in [5, 5.41) is 15.5. The number of aliphatic carboxylic acids is 1. The number of hydrogen-bond donors (Lipinski definition) is 3. The van der Waals surface area contributed by atoms with E-state index in [-0.39, 0.29) is 18.5 Å². The van der Waals surface area contributed by atoms with Crippen molar-refractivity contribution in [3.8, 4) is 11.3 Å². The van der Waals surface area contributed by atoms with Gasteiger partial charge in [-0.3, -0.25) is 18.8 Å². The Morgan fingerprint density at radius 2 is 1.77 bits per heavy atom. The Bertz CT molecular complexity index is 1510. The van der Waals surface area contributed by atoms with Gasteiger partial charge in [-0.15, -0.1) is 0 Å². The summed E-state index contributed by atoms with van der Waals surface area (Å²) in [5.74, 6) is -1.04. The molecule has 1 atom stereocenters. The largest absolute Gasteiger partial charge is 0.481 e. The van der Waals surface area contributed by atoms with Crippen LogP contribution in [0.2, 0.25) is 0 Å². The number of amides is 1. The zero-order valence-electron chi connectivity index (χ0n) is 22.4. The van der Waals surface area contributed by atoms with Gasteiger partial charge in [-0.2, -0.15) is 0 Å². The number of aromatic nitrogens is 2. The molecule has 3 N–H and O–H groups in total. The number of hydrogen-bond acceptors (Lipinski definition) is 6. The van der Waals surface area contributed by atoms with Crippen molar-refractivity contribution < 1.29 is 24.2 Å². The lowest BCUT2D eigenvalue weighted by molar-refractivity contribution is -0.139. The molecule has 9 nitrogen and oxygen atoms in total. The van der Waals surface area contributed by atoms with Gasteiger partial charge in [-0.05, 0) is 36.1 Å². The van der Waals surface area contributed by atoms with Crippen molar-refractivity contribution >= 4 is 29.3 Å². The van der Waals surface area contributed by atoms with E-state index in [0.717, 1.165) is 11.1 Å². The number of carbonyl (C=O) groups excluding carboxylic acids is 2. The molecule has 0 bridgehead atoms. The van der Waals surface area contributed by atoms with E-state index in [4.69, 9.17) is 9.72 Å². The molecule has 0 radical (unpaired) electrons. The van der Waals surface area contributed by atoms with Crippen molar-refractivity contribution in [3.05, 3.63) is 89.1 Å². The fourth-order valence-electron chi connectivity index (χ4n) is 4.42. The molecule has 0 saturated carbocycles. The molecule has 1 amide bonds. The summed E-state index contributed by atoms with van der Waals surface area (Å²) in [7, 11) is 1.31. The number of rotatable bonds is 10. The molecule has 4 aromatic rings. The monoisotopic (exact) mass is 528 g/mol. The molecular formula is C30H32N4O5. The lowest BCUT2D eigenvalue weighted by atomic mass is 10.0. The standard InChI is InChI=1S/C30H32N4O5/c1-18(2)20-10-12-21(13-11-20)27-29(31-17-26(37)39-4)34-14-6-9-23(28(34)33-27)30(38)32-24(16-25(35)36)22-8-5-7-19(3)15-22/h5-15,18,24,31H,16-17H2,1-4H3,(H,32,38)(H,35,36). The number of esters is 1. The molecule has 2 aromatic carbocycles. The van der Waals surface area contributed by atoms with Crippen LogP contribution in [0.1, 0.15) is 59.3 Å². The first-order valence-corrected chi connectivity index (χ1v) is 12.7. The van der Waals surface area contributed by atoms with Crippen LogP contribution in [0.25, 0.3) is 16.9 Å². The summed E-state index contributed by atoms with van der Waals surface area (Å²) in [5.41, 5.74) is 4.84. The van der Waals surface area contributed by atoms with Gasteiger partial charge < -0.3 is 20.5 Å². The van der Waals surface area contributed by atoms with E-state index in [9.17, 15) is 19.5 Å². The van der Waals surface area contributed by atoms with E-state index < -0.39 is 23.9 Å². The van der Waals surface area contributed by atoms with Crippen molar-refractivity contribution in [3.63, 3.8) is 0 Å². The molecule has 2 aromatic heterocycles. The summed E-state index contributed by atoms with van der Waals surface area (Å²) in [6.07, 6.45) is 1.48. The zero-order chi connectivity index (χ0) is 28.1. The van der Waals surface area contributed by atoms with Crippen molar-refractivity contribution in [1.29, 1.82) is 0 Å². The number of aryl methyl sites for hydroxylation is 1. The average Bonchev–Trinajstić information content (AvgIpc) is 3.29. The molecule has 1 unspecified atom stereocenters. The number of pyridine rings is 1. The molecule has 202 valence electrons. The molecule has 0 aliphatic carbocycles. The minimum absolute atomic E-state index is 0.0914. The number of methoxy groups -OCH3 is 1. The van der Waals surface area contributed by atoms with Crippen LogP contribution < -0.4 is 10.6 Å². The molecule has 0 saturated heterocycles. The van der Waals surface area contributed by atoms with Gasteiger partial charge in [0.2, 0.25) is 0 Å². The number of nitrogens with zero attached hydrogens (tertiary/aromatic N) is 2. The molecule has 0 fully saturated rings. The molecule has 39 heavy (non-hydrogen) atoms. The maximum absolute atomic E-state index is 13.5. The van der Waals surface area contributed by atoms with Gasteiger partial charge in [0.15, 0.2) is 5.65 Å². The second kappa shape index (κ2) is 11.8. The Labute approximate surface area is 226 Å². The summed E-state index contributed by atoms with van der Waals surface area (Å²) >= 11 is 0. The summed E-state index contributed by atoms with van der Waals surface area (Å²) < 4.78 is 6.50. The van der Waals surface area contributed by atoms with Crippen LogP contribution in [-0.4, -0.2) is 46.0 Å². The van der Waals surface area contributed by atoms with Gasteiger partial charge in [0, 0.05) is 11.8 Å². The third kappa shape index (κ3) is 6.26. The highest BCUT2D eigenvalue weighted by molar-refractivity contribution is 6.01. The van der Waals surface area contributed by atoms with Crippen LogP contribution in [0.4, 0.5) is 5.82 Å². The van der Waals surface area contributed by atoms with Gasteiger partial charge in [-0.25, -0.2) is 4.98 Å². The van der Waals surface area contributed by atoms with Gasteiger partial charge in [0.1, 0.15) is 18.1 Å². The predicted octanol–water partition coefficient (Wildman–Crippen LogP) is 4.96. The number of fused-ring (bicyclic) bond motifs is 1. The number of ether oxygens (including phenoxy) is 1. The summed E-state index contributed by atoms with van der Waals surface area (Å²) in [6, 6.07) is 18.0. The van der Waals surface area contributed by atoms with Crippen molar-refractivity contribution in [2.24, 2.45) is 0 Å². The van der Waals surface area contributed by atoms with Crippen molar-refractivity contribution in [1.82, 2.24) is 14.7 Å². The maximum atomic E-state index is 13.5. The van der Waals surface area contributed by atoms with Gasteiger partial charge in [0.25, 0.3) is 5.91 Å². The van der Waals surface area contributed by atoms with E-state index >= 15 is 0 Å². The predicted molar refractivity (Wildman–Crippen MR) is 149 cm³/mol. The van der Waals surface area contributed by atoms with E-state index in [1.165, 1.54) is 12.7 Å². The molecular weight excluding hydrogens is 496 g/mol. The smallest absolute Gasteiger partial charge is 0.325 e. The number of anilines is 1. The molecule has 0 spiro atoms. The first kappa shape index (κ1) is 27.4. The van der Waals surface area contributed by atoms with E-state index in [1.807, 2.05) is 49.4 Å². The van der Waals surface area contributed by atoms with Crippen LogP contribution in [0.5, 0.6) is 0 Å². The quantitative estimate of drug-likeness (QED) is 0.249. The molecule has 0 aliphatic rings. The highest BCUT2D eigenvalue weighted by Gasteiger charge is 2.23. The second-order valence-corrected chi connectivity index (χ2v) is 9.67. The molecule has 9 heteroatoms. The van der Waals surface area contributed by atoms with Crippen molar-refractivity contribution in [2.45, 2.75) is 39.2 Å². The fourth-order valence-corrected chi connectivity index (χ4v) is 4.42. The van der Waals surface area contributed by atoms with Crippen molar-refractivity contribution in [2.75, 3.05) is 19.0 Å². The molecule has 4 rings (SSSR count). The number of benzene rings is 2. The third-order valence-corrected chi connectivity index (χ3v) is 6.50. The second-order valence-electron chi connectivity index (χ2n) is 9.67. The first-order valence-electron chi connectivity index (χ1n) is 12.7. The van der Waals surface area contributed by atoms with Gasteiger partial charge in [-0.1, -0.05) is 67.9 Å². The number of carboxylic acid groups (broad SMARTS) is 1. The van der Waals surface area contributed by atoms with Crippen LogP contribution in [0, 0.1) is 6.92 Å². The average molecular weight is 529 g/mol. The maximum Gasteiger partial charge on any atom is 0.325 e. The summed E-state index contributed by atoms with van der Waals surface area (Å²) in [6.45, 7) is 6.05. The van der Waals surface area contributed by atoms with Gasteiger partial charge >= 0.3 is 11.9 Å². The van der Waals surface area contributed by atoms with Crippen LogP contribution in [0.15, 0.2) is 66.9 Å². The molecule has 2 heterocycles. The Morgan fingerprint density at radius 1 is 1.03 bits per heavy atom. The van der Waals surface area contributed by atoms with Crippen LogP contribution in [0.3, 0.4) is 0 Å². The third-order valence-electron chi connectivity index (χ3n) is 6.50. The minimum Gasteiger partial charge on any atom is -0.481 e. The van der Waals surface area contributed by atoms with Crippen LogP contribution >= 0.6 is 0 Å². The highest BCUT2D eigenvalue weighted by Crippen LogP contribution is 2.31. The minimum atomic E-state index is -1.03. The highest BCUT2D eigenvalue weighted by atomic mass is 16.5. The number of carbonyl (C=O) groups is 3. The Balaban J connectivity index is 1.77. The molecule has 0 aliphatic heterocycles. The van der Waals surface area contributed by atoms with E-state index in [1.54, 1.807) is 28.8 Å². The first-order chi connectivity index (χ1) is 18.7. The Morgan fingerprint density at radius 3 is 2.41 bits per heavy atom. The Hall–Kier alpha value is -4.66. The summed E-state index contributed by atoms with van der Waals surface area (Å²) in [4.78, 5) is 41.9. The fraction of sp³-hybridized carbons (Fsp3) is 0.267. The lowest BCUT2D eigenvalue weighted by Gasteiger charge is -2.18. The number of imidazole rings is 1. The van der Waals surface area contributed by atoms with Crippen LogP contribution in [-0.2, 0) is 14.3 Å².